The fourth-order valence-corrected chi connectivity index (χ4v) is 4.59. The number of aromatic nitrogens is 1. The van der Waals surface area contributed by atoms with E-state index in [0.29, 0.717) is 42.5 Å². The zero-order valence-electron chi connectivity index (χ0n) is 16.6. The van der Waals surface area contributed by atoms with Crippen LogP contribution in [-0.4, -0.2) is 50.4 Å². The third-order valence-electron chi connectivity index (χ3n) is 5.02. The van der Waals surface area contributed by atoms with Gasteiger partial charge >= 0.3 is 0 Å². The maximum absolute atomic E-state index is 13.0. The summed E-state index contributed by atoms with van der Waals surface area (Å²) in [7, 11) is -3.72. The van der Waals surface area contributed by atoms with E-state index in [-0.39, 0.29) is 10.8 Å². The van der Waals surface area contributed by atoms with E-state index in [9.17, 15) is 13.2 Å². The maximum Gasteiger partial charge on any atom is 0.261 e. The molecule has 2 aromatic carbocycles. The molecule has 7 nitrogen and oxygen atoms in total. The van der Waals surface area contributed by atoms with Crippen molar-refractivity contribution in [2.24, 2.45) is 0 Å². The molecule has 1 N–H and O–H groups in total. The second kappa shape index (κ2) is 8.95. The molecule has 0 spiro atoms. The number of pyridine rings is 1. The largest absolute Gasteiger partial charge is 0.353 e. The monoisotopic (exact) mass is 456 g/mol. The van der Waals surface area contributed by atoms with Gasteiger partial charge < -0.3 is 9.80 Å². The molecular formula is C22H21ClN4O3S. The van der Waals surface area contributed by atoms with Crippen molar-refractivity contribution >= 4 is 39.0 Å². The van der Waals surface area contributed by atoms with Gasteiger partial charge in [-0.2, -0.15) is 0 Å². The lowest BCUT2D eigenvalue weighted by atomic mass is 10.1. The highest BCUT2D eigenvalue weighted by Crippen LogP contribution is 2.20. The van der Waals surface area contributed by atoms with Gasteiger partial charge in [-0.3, -0.25) is 9.52 Å². The maximum atomic E-state index is 13.0. The van der Waals surface area contributed by atoms with Crippen LogP contribution in [0.2, 0.25) is 5.02 Å². The van der Waals surface area contributed by atoms with Crippen molar-refractivity contribution < 1.29 is 13.2 Å². The molecule has 0 radical (unpaired) electrons. The summed E-state index contributed by atoms with van der Waals surface area (Å²) >= 11 is 5.89. The van der Waals surface area contributed by atoms with Gasteiger partial charge in [-0.1, -0.05) is 35.9 Å². The second-order valence-corrected chi connectivity index (χ2v) is 9.23. The Kier molecular flexibility index (Phi) is 6.11. The van der Waals surface area contributed by atoms with Crippen LogP contribution < -0.4 is 9.62 Å². The lowest BCUT2D eigenvalue weighted by Gasteiger charge is -2.35. The van der Waals surface area contributed by atoms with Crippen LogP contribution in [0.3, 0.4) is 0 Å². The minimum atomic E-state index is -3.72. The highest BCUT2D eigenvalue weighted by molar-refractivity contribution is 7.92. The molecule has 2 heterocycles. The second-order valence-electron chi connectivity index (χ2n) is 7.11. The molecule has 1 fully saturated rings. The topological polar surface area (TPSA) is 82.6 Å². The first-order chi connectivity index (χ1) is 14.9. The highest BCUT2D eigenvalue weighted by Gasteiger charge is 2.23. The number of anilines is 2. The Morgan fingerprint density at radius 1 is 0.935 bits per heavy atom. The first kappa shape index (κ1) is 21.1. The van der Waals surface area contributed by atoms with E-state index >= 15 is 0 Å². The summed E-state index contributed by atoms with van der Waals surface area (Å²) in [4.78, 5) is 21.3. The molecule has 0 saturated carbocycles. The van der Waals surface area contributed by atoms with Crippen LogP contribution in [0, 0.1) is 0 Å². The molecular weight excluding hydrogens is 436 g/mol. The van der Waals surface area contributed by atoms with E-state index in [2.05, 4.69) is 14.6 Å². The summed E-state index contributed by atoms with van der Waals surface area (Å²) < 4.78 is 27.6. The zero-order valence-corrected chi connectivity index (χ0v) is 18.2. The quantitative estimate of drug-likeness (QED) is 0.635. The van der Waals surface area contributed by atoms with Crippen molar-refractivity contribution in [2.75, 3.05) is 35.8 Å². The number of hydrogen-bond donors (Lipinski definition) is 1. The van der Waals surface area contributed by atoms with Gasteiger partial charge in [0, 0.05) is 43.6 Å². The van der Waals surface area contributed by atoms with Gasteiger partial charge in [0.1, 0.15) is 5.82 Å². The Morgan fingerprint density at radius 3 is 2.35 bits per heavy atom. The number of amides is 1. The lowest BCUT2D eigenvalue weighted by molar-refractivity contribution is 0.0746. The van der Waals surface area contributed by atoms with E-state index in [0.717, 1.165) is 5.82 Å². The van der Waals surface area contributed by atoms with E-state index in [1.165, 1.54) is 12.1 Å². The molecule has 0 atom stereocenters. The molecule has 1 aromatic heterocycles. The zero-order chi connectivity index (χ0) is 21.8. The Bertz CT molecular complexity index is 1160. The molecule has 0 unspecified atom stereocenters. The third kappa shape index (κ3) is 4.98. The van der Waals surface area contributed by atoms with Gasteiger partial charge in [0.25, 0.3) is 15.9 Å². The summed E-state index contributed by atoms with van der Waals surface area (Å²) in [5.74, 6) is 0.693. The fraction of sp³-hybridized carbons (Fsp3) is 0.182. The van der Waals surface area contributed by atoms with E-state index < -0.39 is 10.0 Å². The number of rotatable bonds is 5. The Labute approximate surface area is 186 Å². The fourth-order valence-electron chi connectivity index (χ4n) is 3.41. The molecule has 4 rings (SSSR count). The normalized spacial score (nSPS) is 14.4. The standard InChI is InChI=1S/C22H21ClN4O3S/c23-18-9-10-21(24-16-18)26-11-13-27(14-12-26)22(28)17-5-4-6-19(15-17)25-31(29,30)20-7-2-1-3-8-20/h1-10,15-16,25H,11-14H2. The predicted octanol–water partition coefficient (Wildman–Crippen LogP) is 3.50. The van der Waals surface area contributed by atoms with Gasteiger partial charge in [0.2, 0.25) is 0 Å². The summed E-state index contributed by atoms with van der Waals surface area (Å²) in [5.41, 5.74) is 0.782. The molecule has 0 bridgehead atoms. The molecule has 3 aromatic rings. The number of carbonyl (C=O) groups is 1. The number of carbonyl (C=O) groups excluding carboxylic acids is 1. The van der Waals surface area contributed by atoms with Crippen LogP contribution >= 0.6 is 11.6 Å². The van der Waals surface area contributed by atoms with Crippen molar-refractivity contribution in [3.63, 3.8) is 0 Å². The first-order valence-electron chi connectivity index (χ1n) is 9.76. The van der Waals surface area contributed by atoms with Crippen LogP contribution in [0.15, 0.2) is 77.8 Å². The minimum Gasteiger partial charge on any atom is -0.353 e. The van der Waals surface area contributed by atoms with Gasteiger partial charge in [-0.15, -0.1) is 0 Å². The highest BCUT2D eigenvalue weighted by atomic mass is 35.5. The van der Waals surface area contributed by atoms with Crippen molar-refractivity contribution in [1.29, 1.82) is 0 Å². The Balaban J connectivity index is 1.42. The predicted molar refractivity (Wildman–Crippen MR) is 121 cm³/mol. The summed E-state index contributed by atoms with van der Waals surface area (Å²) in [5, 5.41) is 0.584. The number of sulfonamides is 1. The van der Waals surface area contributed by atoms with Crippen LogP contribution in [0.25, 0.3) is 0 Å². The number of nitrogens with one attached hydrogen (secondary N) is 1. The van der Waals surface area contributed by atoms with Crippen molar-refractivity contribution in [1.82, 2.24) is 9.88 Å². The molecule has 0 aliphatic carbocycles. The van der Waals surface area contributed by atoms with Crippen LogP contribution in [-0.2, 0) is 10.0 Å². The summed E-state index contributed by atoms with van der Waals surface area (Å²) in [6.45, 7) is 2.40. The third-order valence-corrected chi connectivity index (χ3v) is 6.64. The molecule has 1 aliphatic heterocycles. The number of piperazine rings is 1. The smallest absolute Gasteiger partial charge is 0.261 e. The molecule has 1 aliphatic rings. The Hall–Kier alpha value is -3.10. The Morgan fingerprint density at radius 2 is 1.68 bits per heavy atom. The number of nitrogens with zero attached hydrogens (tertiary/aromatic N) is 3. The average molecular weight is 457 g/mol. The van der Waals surface area contributed by atoms with Crippen molar-refractivity contribution in [3.05, 3.63) is 83.5 Å². The SMILES string of the molecule is O=C(c1cccc(NS(=O)(=O)c2ccccc2)c1)N1CCN(c2ccc(Cl)cn2)CC1. The lowest BCUT2D eigenvalue weighted by Crippen LogP contribution is -2.49. The number of hydrogen-bond acceptors (Lipinski definition) is 5. The molecule has 1 saturated heterocycles. The minimum absolute atomic E-state index is 0.135. The van der Waals surface area contributed by atoms with Crippen molar-refractivity contribution in [3.8, 4) is 0 Å². The van der Waals surface area contributed by atoms with Gasteiger partial charge in [-0.25, -0.2) is 13.4 Å². The van der Waals surface area contributed by atoms with E-state index in [1.807, 2.05) is 6.07 Å². The summed E-state index contributed by atoms with van der Waals surface area (Å²) in [6.07, 6.45) is 1.61. The van der Waals surface area contributed by atoms with Crippen molar-refractivity contribution in [2.45, 2.75) is 4.90 Å². The van der Waals surface area contributed by atoms with Gasteiger partial charge in [0.05, 0.1) is 9.92 Å². The van der Waals surface area contributed by atoms with Gasteiger partial charge in [-0.05, 0) is 42.5 Å². The van der Waals surface area contributed by atoms with E-state index in [1.54, 1.807) is 59.6 Å². The number of benzene rings is 2. The molecule has 160 valence electrons. The summed E-state index contributed by atoms with van der Waals surface area (Å²) in [6, 6.07) is 18.3. The van der Waals surface area contributed by atoms with Gasteiger partial charge in [0.15, 0.2) is 0 Å². The van der Waals surface area contributed by atoms with Crippen LogP contribution in [0.5, 0.6) is 0 Å². The van der Waals surface area contributed by atoms with Crippen LogP contribution in [0.1, 0.15) is 10.4 Å². The van der Waals surface area contributed by atoms with Crippen LogP contribution in [0.4, 0.5) is 11.5 Å². The molecule has 9 heteroatoms. The number of halogens is 1. The molecule has 31 heavy (non-hydrogen) atoms. The molecule has 1 amide bonds. The average Bonchev–Trinajstić information content (AvgIpc) is 2.80. The first-order valence-corrected chi connectivity index (χ1v) is 11.6. The van der Waals surface area contributed by atoms with E-state index in [4.69, 9.17) is 11.6 Å².